The smallest absolute Gasteiger partial charge is 0.239 e. The van der Waals surface area contributed by atoms with Crippen LogP contribution in [0.5, 0.6) is 5.88 Å². The van der Waals surface area contributed by atoms with Gasteiger partial charge in [0, 0.05) is 33.2 Å². The maximum absolute atomic E-state index is 5.88. The van der Waals surface area contributed by atoms with Gasteiger partial charge in [0.25, 0.3) is 0 Å². The van der Waals surface area contributed by atoms with Crippen molar-refractivity contribution < 1.29 is 9.47 Å². The Hall–Kier alpha value is -1.04. The van der Waals surface area contributed by atoms with E-state index in [4.69, 9.17) is 21.1 Å². The number of ether oxygens (including phenoxy) is 2. The van der Waals surface area contributed by atoms with Crippen LogP contribution >= 0.6 is 11.6 Å². The maximum Gasteiger partial charge on any atom is 0.239 e. The van der Waals surface area contributed by atoms with Crippen LogP contribution in [-0.4, -0.2) is 31.3 Å². The van der Waals surface area contributed by atoms with E-state index in [9.17, 15) is 0 Å². The van der Waals surface area contributed by atoms with Crippen molar-refractivity contribution in [2.45, 2.75) is 25.0 Å². The number of halogens is 1. The second-order valence-electron chi connectivity index (χ2n) is 3.95. The molecule has 5 nitrogen and oxygen atoms in total. The summed E-state index contributed by atoms with van der Waals surface area (Å²) in [6.07, 6.45) is 3.86. The summed E-state index contributed by atoms with van der Waals surface area (Å²) >= 11 is 5.88. The summed E-state index contributed by atoms with van der Waals surface area (Å²) in [5.41, 5.74) is 6.51. The fraction of sp³-hybridized carbons (Fsp3) is 0.545. The number of rotatable bonds is 5. The van der Waals surface area contributed by atoms with Crippen LogP contribution < -0.4 is 15.6 Å². The molecule has 1 aliphatic carbocycles. The van der Waals surface area contributed by atoms with E-state index >= 15 is 0 Å². The van der Waals surface area contributed by atoms with Crippen LogP contribution in [0.25, 0.3) is 0 Å². The molecule has 1 aromatic heterocycles. The van der Waals surface area contributed by atoms with Gasteiger partial charge >= 0.3 is 0 Å². The number of nitrogens with one attached hydrogen (secondary N) is 2. The molecule has 0 saturated heterocycles. The van der Waals surface area contributed by atoms with Gasteiger partial charge in [0.05, 0.1) is 11.1 Å². The molecule has 0 atom stereocenters. The zero-order valence-corrected chi connectivity index (χ0v) is 10.6. The molecule has 0 amide bonds. The number of hydrazine groups is 1. The fourth-order valence-electron chi connectivity index (χ4n) is 1.71. The number of pyridine rings is 1. The van der Waals surface area contributed by atoms with Gasteiger partial charge in [0.2, 0.25) is 5.88 Å². The number of methoxy groups -OCH3 is 1. The number of anilines is 1. The first-order valence-corrected chi connectivity index (χ1v) is 5.88. The van der Waals surface area contributed by atoms with Crippen LogP contribution in [0.1, 0.15) is 12.8 Å². The van der Waals surface area contributed by atoms with Crippen LogP contribution in [0.3, 0.4) is 0 Å². The Morgan fingerprint density at radius 1 is 1.41 bits per heavy atom. The molecule has 0 unspecified atom stereocenters. The molecule has 6 heteroatoms. The minimum atomic E-state index is 0.172. The van der Waals surface area contributed by atoms with Crippen LogP contribution in [0.2, 0.25) is 5.02 Å². The summed E-state index contributed by atoms with van der Waals surface area (Å²) in [5.74, 6) is 0.559. The van der Waals surface area contributed by atoms with Crippen molar-refractivity contribution in [1.82, 2.24) is 10.4 Å². The lowest BCUT2D eigenvalue weighted by atomic mass is 9.92. The minimum absolute atomic E-state index is 0.172. The predicted octanol–water partition coefficient (Wildman–Crippen LogP) is 1.84. The highest BCUT2D eigenvalue weighted by Gasteiger charge is 2.31. The van der Waals surface area contributed by atoms with Gasteiger partial charge in [-0.05, 0) is 6.07 Å². The maximum atomic E-state index is 5.88. The Balaban J connectivity index is 2.00. The molecule has 0 aliphatic heterocycles. The second-order valence-corrected chi connectivity index (χ2v) is 4.39. The highest BCUT2D eigenvalue weighted by atomic mass is 35.5. The lowest BCUT2D eigenvalue weighted by molar-refractivity contribution is -0.0393. The van der Waals surface area contributed by atoms with E-state index in [0.717, 1.165) is 18.5 Å². The molecule has 0 radical (unpaired) electrons. The van der Waals surface area contributed by atoms with Crippen molar-refractivity contribution in [3.63, 3.8) is 0 Å². The molecule has 94 valence electrons. The fourth-order valence-corrected chi connectivity index (χ4v) is 1.87. The van der Waals surface area contributed by atoms with Crippen molar-refractivity contribution in [3.8, 4) is 5.88 Å². The van der Waals surface area contributed by atoms with E-state index in [-0.39, 0.29) is 6.10 Å². The monoisotopic (exact) mass is 257 g/mol. The molecular weight excluding hydrogens is 242 g/mol. The van der Waals surface area contributed by atoms with E-state index in [2.05, 4.69) is 15.8 Å². The zero-order chi connectivity index (χ0) is 12.3. The Morgan fingerprint density at radius 3 is 2.82 bits per heavy atom. The summed E-state index contributed by atoms with van der Waals surface area (Å²) in [5, 5.41) is 0.568. The van der Waals surface area contributed by atoms with E-state index in [0.29, 0.717) is 17.0 Å². The third kappa shape index (κ3) is 3.00. The van der Waals surface area contributed by atoms with Gasteiger partial charge in [-0.1, -0.05) is 11.6 Å². The van der Waals surface area contributed by atoms with Gasteiger partial charge in [-0.15, -0.1) is 0 Å². The third-order valence-corrected chi connectivity index (χ3v) is 2.95. The lowest BCUT2D eigenvalue weighted by Gasteiger charge is -2.34. The summed E-state index contributed by atoms with van der Waals surface area (Å²) < 4.78 is 11.0. The first-order chi connectivity index (χ1) is 8.22. The molecule has 2 rings (SSSR count). The number of aromatic nitrogens is 1. The van der Waals surface area contributed by atoms with E-state index < -0.39 is 0 Å². The zero-order valence-electron chi connectivity index (χ0n) is 9.87. The molecule has 0 spiro atoms. The SMILES string of the molecule is CNNc1cc(Cl)cnc1O[C@H]1C[C@H](OC)C1. The molecule has 1 heterocycles. The quantitative estimate of drug-likeness (QED) is 0.789. The minimum Gasteiger partial charge on any atom is -0.473 e. The lowest BCUT2D eigenvalue weighted by Crippen LogP contribution is -2.39. The van der Waals surface area contributed by atoms with E-state index in [1.54, 1.807) is 26.4 Å². The number of nitrogens with zero attached hydrogens (tertiary/aromatic N) is 1. The van der Waals surface area contributed by atoms with Gasteiger partial charge in [0.15, 0.2) is 0 Å². The van der Waals surface area contributed by atoms with Gasteiger partial charge in [-0.2, -0.15) is 0 Å². The van der Waals surface area contributed by atoms with Gasteiger partial charge in [0.1, 0.15) is 11.8 Å². The number of hydrogen-bond donors (Lipinski definition) is 2. The summed E-state index contributed by atoms with van der Waals surface area (Å²) in [4.78, 5) is 4.17. The molecule has 0 bridgehead atoms. The van der Waals surface area contributed by atoms with Crippen molar-refractivity contribution in [2.75, 3.05) is 19.6 Å². The topological polar surface area (TPSA) is 55.4 Å². The van der Waals surface area contributed by atoms with Crippen LogP contribution in [0.15, 0.2) is 12.3 Å². The van der Waals surface area contributed by atoms with Crippen molar-refractivity contribution in [1.29, 1.82) is 0 Å². The summed E-state index contributed by atoms with van der Waals surface area (Å²) in [6, 6.07) is 1.77. The normalized spacial score (nSPS) is 23.0. The molecule has 1 saturated carbocycles. The Morgan fingerprint density at radius 2 is 2.18 bits per heavy atom. The molecule has 1 fully saturated rings. The molecule has 2 N–H and O–H groups in total. The first kappa shape index (κ1) is 12.4. The predicted molar refractivity (Wildman–Crippen MR) is 66.4 cm³/mol. The standard InChI is InChI=1S/C11H16ClN3O2/c1-13-15-10-3-7(12)6-14-11(10)17-9-4-8(5-9)16-2/h3,6,8-9,13,15H,4-5H2,1-2H3/t8-,9-. The van der Waals surface area contributed by atoms with Crippen LogP contribution in [0.4, 0.5) is 5.69 Å². The highest BCUT2D eigenvalue weighted by molar-refractivity contribution is 6.30. The van der Waals surface area contributed by atoms with Gasteiger partial charge in [-0.3, -0.25) is 0 Å². The van der Waals surface area contributed by atoms with Crippen LogP contribution in [0, 0.1) is 0 Å². The second kappa shape index (κ2) is 5.53. The number of hydrogen-bond acceptors (Lipinski definition) is 5. The van der Waals surface area contributed by atoms with Crippen molar-refractivity contribution in [2.24, 2.45) is 0 Å². The highest BCUT2D eigenvalue weighted by Crippen LogP contribution is 2.31. The van der Waals surface area contributed by atoms with Gasteiger partial charge in [-0.25, -0.2) is 10.4 Å². The van der Waals surface area contributed by atoms with Crippen LogP contribution in [-0.2, 0) is 4.74 Å². The van der Waals surface area contributed by atoms with Crippen molar-refractivity contribution >= 4 is 17.3 Å². The van der Waals surface area contributed by atoms with E-state index in [1.165, 1.54) is 0 Å². The Labute approximate surface area is 105 Å². The molecule has 17 heavy (non-hydrogen) atoms. The molecule has 1 aliphatic rings. The third-order valence-electron chi connectivity index (χ3n) is 2.74. The van der Waals surface area contributed by atoms with E-state index in [1.807, 2.05) is 0 Å². The average molecular weight is 258 g/mol. The Bertz CT molecular complexity index is 383. The molecule has 1 aromatic rings. The largest absolute Gasteiger partial charge is 0.473 e. The first-order valence-electron chi connectivity index (χ1n) is 5.50. The Kier molecular flexibility index (Phi) is 4.04. The van der Waals surface area contributed by atoms with Gasteiger partial charge < -0.3 is 14.9 Å². The molecule has 0 aromatic carbocycles. The average Bonchev–Trinajstić information content (AvgIpc) is 2.25. The summed E-state index contributed by atoms with van der Waals surface area (Å²) in [7, 11) is 3.49. The summed E-state index contributed by atoms with van der Waals surface area (Å²) in [6.45, 7) is 0. The van der Waals surface area contributed by atoms with Crippen molar-refractivity contribution in [3.05, 3.63) is 17.3 Å². The molecular formula is C11H16ClN3O2.